The molecule has 0 unspecified atom stereocenters. The van der Waals surface area contributed by atoms with E-state index in [9.17, 15) is 13.2 Å². The van der Waals surface area contributed by atoms with Gasteiger partial charge in [-0.25, -0.2) is 12.7 Å². The van der Waals surface area contributed by atoms with Gasteiger partial charge in [0.05, 0.1) is 5.75 Å². The van der Waals surface area contributed by atoms with E-state index in [2.05, 4.69) is 22.2 Å². The normalized spacial score (nSPS) is 18.9. The zero-order valence-electron chi connectivity index (χ0n) is 18.9. The minimum Gasteiger partial charge on any atom is -0.369 e. The Hall–Kier alpha value is -2.13. The zero-order chi connectivity index (χ0) is 23.4. The Morgan fingerprint density at radius 1 is 1.00 bits per heavy atom. The number of carbonyl (C=O) groups is 1. The van der Waals surface area contributed by atoms with Crippen LogP contribution in [0.1, 0.15) is 18.4 Å². The van der Waals surface area contributed by atoms with Gasteiger partial charge in [0, 0.05) is 61.6 Å². The highest BCUT2D eigenvalue weighted by Crippen LogP contribution is 2.25. The van der Waals surface area contributed by atoms with Gasteiger partial charge in [-0.05, 0) is 61.9 Å². The Labute approximate surface area is 201 Å². The summed E-state index contributed by atoms with van der Waals surface area (Å²) in [5, 5.41) is 3.52. The molecule has 2 aromatic rings. The molecular weight excluding hydrogens is 460 g/mol. The van der Waals surface area contributed by atoms with Crippen LogP contribution in [-0.4, -0.2) is 69.8 Å². The molecule has 1 N–H and O–H groups in total. The summed E-state index contributed by atoms with van der Waals surface area (Å²) in [6, 6.07) is 14.9. The Balaban J connectivity index is 1.27. The smallest absolute Gasteiger partial charge is 0.227 e. The highest BCUT2D eigenvalue weighted by molar-refractivity contribution is 7.88. The van der Waals surface area contributed by atoms with Gasteiger partial charge >= 0.3 is 0 Å². The van der Waals surface area contributed by atoms with Gasteiger partial charge in [-0.15, -0.1) is 0 Å². The largest absolute Gasteiger partial charge is 0.369 e. The molecule has 2 heterocycles. The van der Waals surface area contributed by atoms with Crippen LogP contribution in [0.4, 0.5) is 11.4 Å². The number of nitrogens with zero attached hydrogens (tertiary/aromatic N) is 3. The van der Waals surface area contributed by atoms with Crippen LogP contribution in [0.5, 0.6) is 0 Å². The van der Waals surface area contributed by atoms with E-state index in [-0.39, 0.29) is 17.6 Å². The van der Waals surface area contributed by atoms with Crippen LogP contribution >= 0.6 is 11.6 Å². The third-order valence-electron chi connectivity index (χ3n) is 6.46. The fraction of sp³-hybridized carbons (Fsp3) is 0.458. The van der Waals surface area contributed by atoms with Crippen molar-refractivity contribution in [2.45, 2.75) is 18.6 Å². The first-order valence-corrected chi connectivity index (χ1v) is 13.4. The van der Waals surface area contributed by atoms with Crippen molar-refractivity contribution in [1.29, 1.82) is 0 Å². The molecule has 2 fully saturated rings. The molecule has 7 nitrogen and oxygen atoms in total. The maximum absolute atomic E-state index is 12.8. The van der Waals surface area contributed by atoms with Gasteiger partial charge in [-0.2, -0.15) is 0 Å². The van der Waals surface area contributed by atoms with Crippen LogP contribution < -0.4 is 10.2 Å². The highest BCUT2D eigenvalue weighted by atomic mass is 35.5. The number of likely N-dealkylation sites (N-methyl/N-ethyl adjacent to an activating group) is 1. The molecule has 2 aliphatic rings. The lowest BCUT2D eigenvalue weighted by atomic mass is 9.97. The Bertz CT molecular complexity index is 1060. The van der Waals surface area contributed by atoms with Gasteiger partial charge in [-0.3, -0.25) is 4.79 Å². The number of anilines is 2. The van der Waals surface area contributed by atoms with Crippen molar-refractivity contribution in [3.8, 4) is 0 Å². The molecule has 0 atom stereocenters. The van der Waals surface area contributed by atoms with Crippen molar-refractivity contribution < 1.29 is 13.2 Å². The Morgan fingerprint density at radius 2 is 1.67 bits per heavy atom. The maximum atomic E-state index is 12.8. The van der Waals surface area contributed by atoms with Crippen LogP contribution in [0.15, 0.2) is 48.5 Å². The molecule has 2 aliphatic heterocycles. The molecule has 0 aliphatic carbocycles. The van der Waals surface area contributed by atoms with Gasteiger partial charge in [0.1, 0.15) is 0 Å². The molecule has 4 rings (SSSR count). The minimum absolute atomic E-state index is 0.0470. The standard InChI is InChI=1S/C24H31ClN4O3S/c1-27-13-15-28(16-14-27)23-7-5-22(6-8-23)26-24(30)20-9-11-29(12-10-20)33(31,32)18-19-3-2-4-21(25)17-19/h2-8,17,20H,9-16,18H2,1H3,(H,26,30). The third kappa shape index (κ3) is 6.26. The number of amides is 1. The van der Waals surface area contributed by atoms with Gasteiger partial charge in [0.25, 0.3) is 0 Å². The van der Waals surface area contributed by atoms with Crippen LogP contribution in [0.3, 0.4) is 0 Å². The average Bonchev–Trinajstić information content (AvgIpc) is 2.80. The second-order valence-corrected chi connectivity index (χ2v) is 11.3. The summed E-state index contributed by atoms with van der Waals surface area (Å²) in [5.74, 6) is -0.321. The van der Waals surface area contributed by atoms with Crippen LogP contribution in [0.25, 0.3) is 0 Å². The second-order valence-electron chi connectivity index (χ2n) is 8.89. The van der Waals surface area contributed by atoms with Crippen molar-refractivity contribution in [3.05, 3.63) is 59.1 Å². The number of benzene rings is 2. The summed E-state index contributed by atoms with van der Waals surface area (Å²) in [5.41, 5.74) is 2.61. The average molecular weight is 491 g/mol. The van der Waals surface area contributed by atoms with Gasteiger partial charge in [0.15, 0.2) is 0 Å². The minimum atomic E-state index is -3.44. The summed E-state index contributed by atoms with van der Waals surface area (Å²) in [6.45, 7) is 4.80. The lowest BCUT2D eigenvalue weighted by molar-refractivity contribution is -0.120. The van der Waals surface area contributed by atoms with Crippen molar-refractivity contribution >= 4 is 38.9 Å². The number of halogens is 1. The van der Waals surface area contributed by atoms with E-state index in [1.54, 1.807) is 24.3 Å². The van der Waals surface area contributed by atoms with Crippen LogP contribution in [0, 0.1) is 5.92 Å². The number of rotatable bonds is 6. The molecule has 0 spiro atoms. The van der Waals surface area contributed by atoms with Crippen LogP contribution in [-0.2, 0) is 20.6 Å². The number of carbonyl (C=O) groups excluding carboxylic acids is 1. The van der Waals surface area contributed by atoms with Crippen molar-refractivity contribution in [2.24, 2.45) is 5.92 Å². The molecule has 0 bridgehead atoms. The van der Waals surface area contributed by atoms with Crippen molar-refractivity contribution in [2.75, 3.05) is 56.5 Å². The SMILES string of the molecule is CN1CCN(c2ccc(NC(=O)C3CCN(S(=O)(=O)Cc4cccc(Cl)c4)CC3)cc2)CC1. The molecule has 33 heavy (non-hydrogen) atoms. The maximum Gasteiger partial charge on any atom is 0.227 e. The first-order chi connectivity index (χ1) is 15.8. The molecule has 0 saturated carbocycles. The van der Waals surface area contributed by atoms with Crippen molar-refractivity contribution in [1.82, 2.24) is 9.21 Å². The van der Waals surface area contributed by atoms with E-state index in [0.29, 0.717) is 36.5 Å². The van der Waals surface area contributed by atoms with E-state index in [1.165, 1.54) is 9.99 Å². The first kappa shape index (κ1) is 24.0. The summed E-state index contributed by atoms with van der Waals surface area (Å²) < 4.78 is 27.1. The molecule has 1 amide bonds. The first-order valence-electron chi connectivity index (χ1n) is 11.4. The quantitative estimate of drug-likeness (QED) is 0.672. The van der Waals surface area contributed by atoms with Crippen molar-refractivity contribution in [3.63, 3.8) is 0 Å². The molecule has 2 saturated heterocycles. The van der Waals surface area contributed by atoms with E-state index in [4.69, 9.17) is 11.6 Å². The summed E-state index contributed by atoms with van der Waals surface area (Å²) >= 11 is 5.98. The lowest BCUT2D eigenvalue weighted by Gasteiger charge is -2.34. The molecule has 0 radical (unpaired) electrons. The zero-order valence-corrected chi connectivity index (χ0v) is 20.5. The molecule has 178 valence electrons. The van der Waals surface area contributed by atoms with Gasteiger partial charge < -0.3 is 15.1 Å². The summed E-state index contributed by atoms with van der Waals surface area (Å²) in [4.78, 5) is 17.4. The number of sulfonamides is 1. The van der Waals surface area contributed by atoms with E-state index in [0.717, 1.165) is 31.9 Å². The topological polar surface area (TPSA) is 73.0 Å². The molecule has 9 heteroatoms. The van der Waals surface area contributed by atoms with Gasteiger partial charge in [0.2, 0.25) is 15.9 Å². The predicted molar refractivity (Wildman–Crippen MR) is 133 cm³/mol. The monoisotopic (exact) mass is 490 g/mol. The van der Waals surface area contributed by atoms with E-state index < -0.39 is 10.0 Å². The predicted octanol–water partition coefficient (Wildman–Crippen LogP) is 3.27. The molecule has 2 aromatic carbocycles. The number of piperazine rings is 1. The fourth-order valence-corrected chi connectivity index (χ4v) is 6.15. The second kappa shape index (κ2) is 10.4. The summed E-state index contributed by atoms with van der Waals surface area (Å²) in [7, 11) is -1.31. The highest BCUT2D eigenvalue weighted by Gasteiger charge is 2.31. The number of nitrogens with one attached hydrogen (secondary N) is 1. The molecule has 0 aromatic heterocycles. The Morgan fingerprint density at radius 3 is 2.30 bits per heavy atom. The van der Waals surface area contributed by atoms with E-state index >= 15 is 0 Å². The summed E-state index contributed by atoms with van der Waals surface area (Å²) in [6.07, 6.45) is 1.03. The van der Waals surface area contributed by atoms with E-state index in [1.807, 2.05) is 24.3 Å². The third-order valence-corrected chi connectivity index (χ3v) is 8.54. The van der Waals surface area contributed by atoms with Gasteiger partial charge in [-0.1, -0.05) is 23.7 Å². The lowest BCUT2D eigenvalue weighted by Crippen LogP contribution is -2.44. The molecular formula is C24H31ClN4O3S. The number of hydrogen-bond donors (Lipinski definition) is 1. The Kier molecular flexibility index (Phi) is 7.58. The number of piperidine rings is 1. The number of hydrogen-bond acceptors (Lipinski definition) is 5. The van der Waals surface area contributed by atoms with Crippen LogP contribution in [0.2, 0.25) is 5.02 Å². The fourth-order valence-electron chi connectivity index (χ4n) is 4.39.